The lowest BCUT2D eigenvalue weighted by molar-refractivity contribution is -0.480. The Morgan fingerprint density at radius 1 is 1.50 bits per heavy atom. The molecule has 0 aliphatic carbocycles. The Morgan fingerprint density at radius 2 is 2.00 bits per heavy atom. The van der Waals surface area contributed by atoms with Crippen LogP contribution in [0.25, 0.3) is 0 Å². The smallest absolute Gasteiger partial charge is 0.136 e. The molecule has 0 amide bonds. The van der Waals surface area contributed by atoms with Crippen molar-refractivity contribution in [2.24, 2.45) is 0 Å². The van der Waals surface area contributed by atoms with E-state index in [0.717, 1.165) is 5.56 Å². The van der Waals surface area contributed by atoms with E-state index < -0.39 is 11.5 Å². The molecule has 0 radical (unpaired) electrons. The topological polar surface area (TPSA) is 67.8 Å². The molecule has 0 spiro atoms. The van der Waals surface area contributed by atoms with Gasteiger partial charge in [-0.15, -0.1) is 0 Å². The molecular weight excluding hydrogens is 185 g/mol. The number of halogens is 1. The minimum Gasteiger partial charge on any atom is -0.544 e. The predicted molar refractivity (Wildman–Crippen MR) is 46.4 cm³/mol. The van der Waals surface area contributed by atoms with Gasteiger partial charge in [-0.2, -0.15) is 0 Å². The van der Waals surface area contributed by atoms with Crippen molar-refractivity contribution in [3.05, 3.63) is 35.6 Å². The standard InChI is InChI=1S/C10H12FNO2/c1-10(12,9(13)14)6-7-2-4-8(11)5-3-7/h2-5H,6,12H2,1H3,(H,13,14)/t10-/m0/s1. The van der Waals surface area contributed by atoms with Crippen LogP contribution in [0.15, 0.2) is 24.3 Å². The summed E-state index contributed by atoms with van der Waals surface area (Å²) >= 11 is 0. The van der Waals surface area contributed by atoms with E-state index >= 15 is 0 Å². The Morgan fingerprint density at radius 3 is 2.43 bits per heavy atom. The van der Waals surface area contributed by atoms with Crippen molar-refractivity contribution in [1.82, 2.24) is 0 Å². The lowest BCUT2D eigenvalue weighted by Crippen LogP contribution is -2.78. The molecule has 0 aromatic heterocycles. The van der Waals surface area contributed by atoms with Gasteiger partial charge in [0.05, 0.1) is 0 Å². The van der Waals surface area contributed by atoms with Crippen LogP contribution >= 0.6 is 0 Å². The number of hydrogen-bond acceptors (Lipinski definition) is 2. The molecule has 14 heavy (non-hydrogen) atoms. The molecule has 3 nitrogen and oxygen atoms in total. The van der Waals surface area contributed by atoms with Crippen molar-refractivity contribution in [2.45, 2.75) is 18.9 Å². The van der Waals surface area contributed by atoms with Crippen LogP contribution in [-0.2, 0) is 11.2 Å². The van der Waals surface area contributed by atoms with Gasteiger partial charge >= 0.3 is 0 Å². The first-order valence-electron chi connectivity index (χ1n) is 4.23. The van der Waals surface area contributed by atoms with Gasteiger partial charge in [0.25, 0.3) is 0 Å². The van der Waals surface area contributed by atoms with Gasteiger partial charge in [0.1, 0.15) is 17.3 Å². The van der Waals surface area contributed by atoms with E-state index in [1.807, 2.05) is 0 Å². The zero-order chi connectivity index (χ0) is 10.8. The summed E-state index contributed by atoms with van der Waals surface area (Å²) in [6.07, 6.45) is 0.232. The fraction of sp³-hybridized carbons (Fsp3) is 0.300. The van der Waals surface area contributed by atoms with E-state index in [1.165, 1.54) is 19.1 Å². The van der Waals surface area contributed by atoms with Gasteiger partial charge in [0.2, 0.25) is 0 Å². The second-order valence-corrected chi connectivity index (χ2v) is 3.65. The summed E-state index contributed by atoms with van der Waals surface area (Å²) in [6, 6.07) is 5.67. The molecule has 1 aromatic carbocycles. The molecule has 0 fully saturated rings. The van der Waals surface area contributed by atoms with Crippen LogP contribution in [0.3, 0.4) is 0 Å². The third-order valence-electron chi connectivity index (χ3n) is 2.00. The van der Waals surface area contributed by atoms with Gasteiger partial charge in [-0.3, -0.25) is 0 Å². The molecule has 1 rings (SSSR count). The largest absolute Gasteiger partial charge is 0.544 e. The first-order chi connectivity index (χ1) is 6.42. The Bertz CT molecular complexity index is 332. The van der Waals surface area contributed by atoms with Crippen LogP contribution in [-0.4, -0.2) is 11.5 Å². The van der Waals surface area contributed by atoms with Crippen molar-refractivity contribution >= 4 is 5.97 Å². The minimum atomic E-state index is -1.21. The van der Waals surface area contributed by atoms with E-state index in [-0.39, 0.29) is 12.2 Å². The fourth-order valence-electron chi connectivity index (χ4n) is 1.12. The van der Waals surface area contributed by atoms with Crippen LogP contribution in [0.2, 0.25) is 0 Å². The van der Waals surface area contributed by atoms with Crippen molar-refractivity contribution in [3.63, 3.8) is 0 Å². The van der Waals surface area contributed by atoms with Crippen molar-refractivity contribution < 1.29 is 20.0 Å². The molecule has 0 saturated heterocycles. The molecule has 0 heterocycles. The molecule has 0 saturated carbocycles. The maximum absolute atomic E-state index is 12.5. The lowest BCUT2D eigenvalue weighted by Gasteiger charge is -2.21. The fourth-order valence-corrected chi connectivity index (χ4v) is 1.12. The Balaban J connectivity index is 2.79. The van der Waals surface area contributed by atoms with Crippen molar-refractivity contribution in [1.29, 1.82) is 0 Å². The van der Waals surface area contributed by atoms with Crippen LogP contribution in [0, 0.1) is 5.82 Å². The summed E-state index contributed by atoms with van der Waals surface area (Å²) in [6.45, 7) is 1.48. The van der Waals surface area contributed by atoms with E-state index in [0.29, 0.717) is 0 Å². The summed E-state index contributed by atoms with van der Waals surface area (Å²) in [5, 5.41) is 10.6. The highest BCUT2D eigenvalue weighted by molar-refractivity contribution is 5.74. The van der Waals surface area contributed by atoms with Gasteiger partial charge in [-0.25, -0.2) is 4.39 Å². The van der Waals surface area contributed by atoms with Gasteiger partial charge in [0.15, 0.2) is 0 Å². The summed E-state index contributed by atoms with van der Waals surface area (Å²) in [5.74, 6) is -1.55. The van der Waals surface area contributed by atoms with Crippen molar-refractivity contribution in [3.8, 4) is 0 Å². The van der Waals surface area contributed by atoms with E-state index in [9.17, 15) is 14.3 Å². The van der Waals surface area contributed by atoms with Crippen LogP contribution in [0.1, 0.15) is 12.5 Å². The highest BCUT2D eigenvalue weighted by Crippen LogP contribution is 2.09. The van der Waals surface area contributed by atoms with E-state index in [4.69, 9.17) is 0 Å². The maximum atomic E-state index is 12.5. The summed E-state index contributed by atoms with van der Waals surface area (Å²) in [7, 11) is 0. The molecular formula is C10H12FNO2. The molecule has 76 valence electrons. The molecule has 0 bridgehead atoms. The first-order valence-corrected chi connectivity index (χ1v) is 4.23. The highest BCUT2D eigenvalue weighted by Gasteiger charge is 2.24. The molecule has 1 atom stereocenters. The number of carboxylic acid groups (broad SMARTS) is 1. The highest BCUT2D eigenvalue weighted by atomic mass is 19.1. The molecule has 0 aliphatic heterocycles. The number of hydrogen-bond donors (Lipinski definition) is 1. The number of benzene rings is 1. The monoisotopic (exact) mass is 197 g/mol. The third-order valence-corrected chi connectivity index (χ3v) is 2.00. The van der Waals surface area contributed by atoms with Crippen LogP contribution in [0.5, 0.6) is 0 Å². The summed E-state index contributed by atoms with van der Waals surface area (Å²) in [4.78, 5) is 10.6. The number of carboxylic acids is 1. The Kier molecular flexibility index (Phi) is 2.86. The maximum Gasteiger partial charge on any atom is 0.136 e. The molecule has 0 aliphatic rings. The lowest BCUT2D eigenvalue weighted by atomic mass is 9.94. The van der Waals surface area contributed by atoms with Crippen LogP contribution < -0.4 is 10.8 Å². The quantitative estimate of drug-likeness (QED) is 0.683. The molecule has 4 heteroatoms. The third kappa shape index (κ3) is 2.53. The average molecular weight is 197 g/mol. The molecule has 3 N–H and O–H groups in total. The molecule has 0 unspecified atom stereocenters. The van der Waals surface area contributed by atoms with Gasteiger partial charge in [0, 0.05) is 6.42 Å². The number of rotatable bonds is 3. The second-order valence-electron chi connectivity index (χ2n) is 3.65. The summed E-state index contributed by atoms with van der Waals surface area (Å²) < 4.78 is 12.5. The number of quaternary nitrogens is 1. The average Bonchev–Trinajstić information content (AvgIpc) is 2.08. The van der Waals surface area contributed by atoms with Crippen molar-refractivity contribution in [2.75, 3.05) is 0 Å². The number of carbonyl (C=O) groups is 1. The number of aliphatic carboxylic acids is 1. The van der Waals surface area contributed by atoms with Gasteiger partial charge in [-0.05, 0) is 24.6 Å². The normalized spacial score (nSPS) is 14.8. The first kappa shape index (κ1) is 10.7. The SMILES string of the molecule is C[C@]([NH3+])(Cc1ccc(F)cc1)C(=O)[O-]. The van der Waals surface area contributed by atoms with Crippen LogP contribution in [0.4, 0.5) is 4.39 Å². The van der Waals surface area contributed by atoms with Gasteiger partial charge in [-0.1, -0.05) is 12.1 Å². The summed E-state index contributed by atoms with van der Waals surface area (Å²) in [5.41, 5.74) is 3.09. The Labute approximate surface area is 81.4 Å². The molecule has 1 aromatic rings. The predicted octanol–water partition coefficient (Wildman–Crippen LogP) is -0.881. The number of carbonyl (C=O) groups excluding carboxylic acids is 1. The minimum absolute atomic E-state index is 0.232. The van der Waals surface area contributed by atoms with E-state index in [2.05, 4.69) is 5.73 Å². The van der Waals surface area contributed by atoms with E-state index in [1.54, 1.807) is 12.1 Å². The zero-order valence-corrected chi connectivity index (χ0v) is 7.92. The zero-order valence-electron chi connectivity index (χ0n) is 7.92. The second kappa shape index (κ2) is 3.75. The van der Waals surface area contributed by atoms with Gasteiger partial charge < -0.3 is 15.6 Å². The Hall–Kier alpha value is -1.42.